The summed E-state index contributed by atoms with van der Waals surface area (Å²) in [5.41, 5.74) is 0. The zero-order chi connectivity index (χ0) is 19.2. The molecule has 148 valence electrons. The predicted molar refractivity (Wildman–Crippen MR) is 104 cm³/mol. The van der Waals surface area contributed by atoms with Gasteiger partial charge in [-0.05, 0) is 63.9 Å². The molecule has 0 bridgehead atoms. The lowest BCUT2D eigenvalue weighted by atomic mass is 9.99. The molecule has 2 amide bonds. The molecule has 0 aromatic heterocycles. The number of hydrogen-bond donors (Lipinski definition) is 2. The van der Waals surface area contributed by atoms with Crippen LogP contribution in [0.25, 0.3) is 0 Å². The van der Waals surface area contributed by atoms with Gasteiger partial charge in [0, 0.05) is 19.0 Å². The monoisotopic (exact) mass is 373 g/mol. The van der Waals surface area contributed by atoms with Crippen molar-refractivity contribution in [1.29, 1.82) is 0 Å². The summed E-state index contributed by atoms with van der Waals surface area (Å²) in [6.45, 7) is 4.11. The maximum atomic E-state index is 12.9. The second-order valence-corrected chi connectivity index (χ2v) is 7.96. The zero-order valence-electron chi connectivity index (χ0n) is 16.3. The third-order valence-electron chi connectivity index (χ3n) is 5.68. The summed E-state index contributed by atoms with van der Waals surface area (Å²) in [4.78, 5) is 26.8. The second kappa shape index (κ2) is 9.22. The number of nitrogens with one attached hydrogen (secondary N) is 2. The molecule has 3 rings (SSSR count). The Bertz CT molecular complexity index is 629. The number of carbonyl (C=O) groups excluding carboxylic acids is 2. The van der Waals surface area contributed by atoms with E-state index in [2.05, 4.69) is 22.6 Å². The van der Waals surface area contributed by atoms with E-state index < -0.39 is 0 Å². The van der Waals surface area contributed by atoms with Crippen LogP contribution in [0.1, 0.15) is 32.6 Å². The first-order chi connectivity index (χ1) is 13.0. The Hall–Kier alpha value is -2.08. The number of likely N-dealkylation sites (tertiary alicyclic amines) is 1. The second-order valence-electron chi connectivity index (χ2n) is 7.96. The van der Waals surface area contributed by atoms with E-state index in [1.54, 1.807) is 0 Å². The average Bonchev–Trinajstić information content (AvgIpc) is 3.05. The molecule has 1 saturated carbocycles. The summed E-state index contributed by atoms with van der Waals surface area (Å²) in [7, 11) is 2.11. The quantitative estimate of drug-likeness (QED) is 0.798. The van der Waals surface area contributed by atoms with Crippen LogP contribution in [0.3, 0.4) is 0 Å². The molecule has 2 N–H and O–H groups in total. The molecule has 2 fully saturated rings. The van der Waals surface area contributed by atoms with Crippen LogP contribution < -0.4 is 15.4 Å². The van der Waals surface area contributed by atoms with Crippen molar-refractivity contribution < 1.29 is 14.3 Å². The predicted octanol–water partition coefficient (Wildman–Crippen LogP) is 1.81. The van der Waals surface area contributed by atoms with Gasteiger partial charge in [0.2, 0.25) is 11.8 Å². The van der Waals surface area contributed by atoms with E-state index in [1.807, 2.05) is 30.3 Å². The molecule has 1 aliphatic heterocycles. The van der Waals surface area contributed by atoms with E-state index in [0.717, 1.165) is 44.5 Å². The molecule has 1 aliphatic carbocycles. The fourth-order valence-corrected chi connectivity index (χ4v) is 4.18. The molecular weight excluding hydrogens is 342 g/mol. The highest BCUT2D eigenvalue weighted by Gasteiger charge is 2.40. The molecule has 0 radical (unpaired) electrons. The normalized spacial score (nSPS) is 26.5. The number of rotatable bonds is 6. The van der Waals surface area contributed by atoms with Crippen molar-refractivity contribution in [3.05, 3.63) is 30.3 Å². The minimum atomic E-state index is -0.182. The van der Waals surface area contributed by atoms with Crippen molar-refractivity contribution in [2.24, 2.45) is 11.8 Å². The van der Waals surface area contributed by atoms with Gasteiger partial charge < -0.3 is 20.3 Å². The molecule has 1 heterocycles. The number of carbonyl (C=O) groups is 2. The maximum Gasteiger partial charge on any atom is 0.225 e. The van der Waals surface area contributed by atoms with Crippen molar-refractivity contribution in [2.75, 3.05) is 26.7 Å². The Labute approximate surface area is 161 Å². The minimum Gasteiger partial charge on any atom is -0.493 e. The van der Waals surface area contributed by atoms with Gasteiger partial charge in [-0.15, -0.1) is 0 Å². The SMILES string of the molecule is CC(=O)NC1CC(COc2ccccc2)CC1C(=O)NC1CCN(C)CC1. The van der Waals surface area contributed by atoms with Gasteiger partial charge in [0.1, 0.15) is 5.75 Å². The summed E-state index contributed by atoms with van der Waals surface area (Å²) >= 11 is 0. The Kier molecular flexibility index (Phi) is 6.72. The number of piperidine rings is 1. The fraction of sp³-hybridized carbons (Fsp3) is 0.619. The smallest absolute Gasteiger partial charge is 0.225 e. The van der Waals surface area contributed by atoms with Crippen LogP contribution >= 0.6 is 0 Å². The van der Waals surface area contributed by atoms with E-state index in [1.165, 1.54) is 6.92 Å². The largest absolute Gasteiger partial charge is 0.493 e. The summed E-state index contributed by atoms with van der Waals surface area (Å²) in [6, 6.07) is 9.85. The molecular formula is C21H31N3O3. The fourth-order valence-electron chi connectivity index (χ4n) is 4.18. The maximum absolute atomic E-state index is 12.9. The van der Waals surface area contributed by atoms with Crippen molar-refractivity contribution in [3.63, 3.8) is 0 Å². The molecule has 0 spiro atoms. The van der Waals surface area contributed by atoms with Gasteiger partial charge in [-0.1, -0.05) is 18.2 Å². The van der Waals surface area contributed by atoms with Crippen LogP contribution in [0.5, 0.6) is 5.75 Å². The lowest BCUT2D eigenvalue weighted by molar-refractivity contribution is -0.127. The van der Waals surface area contributed by atoms with Crippen molar-refractivity contribution in [3.8, 4) is 5.75 Å². The lowest BCUT2D eigenvalue weighted by Crippen LogP contribution is -2.49. The Balaban J connectivity index is 1.55. The van der Waals surface area contributed by atoms with E-state index in [9.17, 15) is 9.59 Å². The van der Waals surface area contributed by atoms with Crippen LogP contribution in [-0.2, 0) is 9.59 Å². The van der Waals surface area contributed by atoms with Crippen LogP contribution in [0.4, 0.5) is 0 Å². The van der Waals surface area contributed by atoms with Gasteiger partial charge >= 0.3 is 0 Å². The van der Waals surface area contributed by atoms with Gasteiger partial charge in [0.15, 0.2) is 0 Å². The van der Waals surface area contributed by atoms with Crippen molar-refractivity contribution in [1.82, 2.24) is 15.5 Å². The van der Waals surface area contributed by atoms with Crippen molar-refractivity contribution >= 4 is 11.8 Å². The molecule has 6 nitrogen and oxygen atoms in total. The standard InChI is InChI=1S/C21H31N3O3/c1-15(25)22-20-13-16(14-27-18-6-4-3-5-7-18)12-19(20)21(26)23-17-8-10-24(2)11-9-17/h3-7,16-17,19-20H,8-14H2,1-2H3,(H,22,25)(H,23,26). The molecule has 6 heteroatoms. The molecule has 1 saturated heterocycles. The number of benzene rings is 1. The van der Waals surface area contributed by atoms with Crippen LogP contribution in [0.15, 0.2) is 30.3 Å². The Morgan fingerprint density at radius 1 is 1.11 bits per heavy atom. The minimum absolute atomic E-state index is 0.0746. The highest BCUT2D eigenvalue weighted by Crippen LogP contribution is 2.32. The molecule has 27 heavy (non-hydrogen) atoms. The number of para-hydroxylation sites is 1. The first-order valence-corrected chi connectivity index (χ1v) is 9.95. The highest BCUT2D eigenvalue weighted by atomic mass is 16.5. The van der Waals surface area contributed by atoms with Gasteiger partial charge in [0.25, 0.3) is 0 Å². The lowest BCUT2D eigenvalue weighted by Gasteiger charge is -2.31. The van der Waals surface area contributed by atoms with Crippen LogP contribution in [-0.4, -0.2) is 55.5 Å². The van der Waals surface area contributed by atoms with Gasteiger partial charge in [-0.3, -0.25) is 9.59 Å². The number of hydrogen-bond acceptors (Lipinski definition) is 4. The van der Waals surface area contributed by atoms with E-state index in [-0.39, 0.29) is 35.7 Å². The molecule has 2 aliphatic rings. The van der Waals surface area contributed by atoms with Crippen LogP contribution in [0.2, 0.25) is 0 Å². The molecule has 1 aromatic rings. The van der Waals surface area contributed by atoms with E-state index in [0.29, 0.717) is 6.61 Å². The van der Waals surface area contributed by atoms with Gasteiger partial charge in [-0.25, -0.2) is 0 Å². The highest BCUT2D eigenvalue weighted by molar-refractivity contribution is 5.81. The van der Waals surface area contributed by atoms with E-state index in [4.69, 9.17) is 4.74 Å². The number of nitrogens with zero attached hydrogens (tertiary/aromatic N) is 1. The number of amides is 2. The van der Waals surface area contributed by atoms with Gasteiger partial charge in [0.05, 0.1) is 12.5 Å². The summed E-state index contributed by atoms with van der Waals surface area (Å²) in [5, 5.41) is 6.20. The third-order valence-corrected chi connectivity index (χ3v) is 5.68. The first-order valence-electron chi connectivity index (χ1n) is 9.95. The Morgan fingerprint density at radius 3 is 2.48 bits per heavy atom. The topological polar surface area (TPSA) is 70.7 Å². The summed E-state index contributed by atoms with van der Waals surface area (Å²) in [5.74, 6) is 0.910. The van der Waals surface area contributed by atoms with Crippen molar-refractivity contribution in [2.45, 2.75) is 44.7 Å². The molecule has 3 atom stereocenters. The third kappa shape index (κ3) is 5.70. The van der Waals surface area contributed by atoms with Crippen LogP contribution in [0, 0.1) is 11.8 Å². The average molecular weight is 373 g/mol. The Morgan fingerprint density at radius 2 is 1.81 bits per heavy atom. The molecule has 1 aromatic carbocycles. The summed E-state index contributed by atoms with van der Waals surface area (Å²) in [6.07, 6.45) is 3.49. The van der Waals surface area contributed by atoms with E-state index >= 15 is 0 Å². The number of ether oxygens (including phenoxy) is 1. The summed E-state index contributed by atoms with van der Waals surface area (Å²) < 4.78 is 5.88. The molecule has 3 unspecified atom stereocenters. The first kappa shape index (κ1) is 19.7. The van der Waals surface area contributed by atoms with Gasteiger partial charge in [-0.2, -0.15) is 0 Å². The zero-order valence-corrected chi connectivity index (χ0v) is 16.3.